The third-order valence-corrected chi connectivity index (χ3v) is 3.21. The van der Waals surface area contributed by atoms with Crippen LogP contribution in [0.4, 0.5) is 0 Å². The number of methoxy groups -OCH3 is 1. The minimum Gasteiger partial charge on any atom is -0.497 e. The van der Waals surface area contributed by atoms with Gasteiger partial charge in [0.05, 0.1) is 12.7 Å². The largest absolute Gasteiger partial charge is 0.497 e. The number of rotatable bonds is 5. The molecular formula is C13H21BO3. The second-order valence-electron chi connectivity index (χ2n) is 5.00. The van der Waals surface area contributed by atoms with E-state index in [1.165, 1.54) is 0 Å². The van der Waals surface area contributed by atoms with Crippen molar-refractivity contribution in [3.05, 3.63) is 24.3 Å². The maximum Gasteiger partial charge on any atom is 0.491 e. The number of benzene rings is 1. The van der Waals surface area contributed by atoms with Gasteiger partial charge in [0, 0.05) is 0 Å². The van der Waals surface area contributed by atoms with Gasteiger partial charge in [-0.05, 0) is 37.4 Å². The van der Waals surface area contributed by atoms with Crippen LogP contribution in [0.5, 0.6) is 5.75 Å². The summed E-state index contributed by atoms with van der Waals surface area (Å²) in [5.74, 6) is 1.10. The van der Waals surface area contributed by atoms with E-state index in [1.807, 2.05) is 26.0 Å². The van der Waals surface area contributed by atoms with E-state index in [2.05, 4.69) is 13.8 Å². The van der Waals surface area contributed by atoms with Gasteiger partial charge in [-0.1, -0.05) is 26.0 Å². The molecule has 0 aliphatic carbocycles. The predicted octanol–water partition coefficient (Wildman–Crippen LogP) is 1.83. The zero-order valence-electron chi connectivity index (χ0n) is 11.2. The molecule has 1 aromatic carbocycles. The Bertz CT molecular complexity index is 346. The summed E-state index contributed by atoms with van der Waals surface area (Å²) in [5, 5.41) is 10.0. The molecule has 0 atom stereocenters. The summed E-state index contributed by atoms with van der Waals surface area (Å²) < 4.78 is 10.7. The molecule has 0 heterocycles. The van der Waals surface area contributed by atoms with Crippen molar-refractivity contribution in [3.63, 3.8) is 0 Å². The van der Waals surface area contributed by atoms with Crippen LogP contribution in [-0.2, 0) is 4.65 Å². The maximum atomic E-state index is 10.0. The molecule has 0 saturated carbocycles. The van der Waals surface area contributed by atoms with Crippen LogP contribution >= 0.6 is 0 Å². The highest BCUT2D eigenvalue weighted by Gasteiger charge is 2.30. The summed E-state index contributed by atoms with van der Waals surface area (Å²) in [4.78, 5) is 0. The van der Waals surface area contributed by atoms with E-state index < -0.39 is 7.12 Å². The van der Waals surface area contributed by atoms with E-state index in [1.54, 1.807) is 19.2 Å². The summed E-state index contributed by atoms with van der Waals surface area (Å²) in [6.07, 6.45) is 0. The molecule has 0 unspecified atom stereocenters. The Morgan fingerprint density at radius 2 is 1.71 bits per heavy atom. The van der Waals surface area contributed by atoms with Crippen LogP contribution in [-0.4, -0.2) is 24.9 Å². The first-order valence-electron chi connectivity index (χ1n) is 5.86. The molecule has 0 aromatic heterocycles. The lowest BCUT2D eigenvalue weighted by Crippen LogP contribution is -2.44. The van der Waals surface area contributed by atoms with Gasteiger partial charge in [0.25, 0.3) is 0 Å². The molecule has 1 rings (SSSR count). The number of ether oxygens (including phenoxy) is 1. The predicted molar refractivity (Wildman–Crippen MR) is 70.6 cm³/mol. The van der Waals surface area contributed by atoms with Crippen LogP contribution in [0.25, 0.3) is 0 Å². The summed E-state index contributed by atoms with van der Waals surface area (Å²) >= 11 is 0. The highest BCUT2D eigenvalue weighted by molar-refractivity contribution is 6.60. The van der Waals surface area contributed by atoms with Gasteiger partial charge in [-0.25, -0.2) is 0 Å². The quantitative estimate of drug-likeness (QED) is 0.792. The van der Waals surface area contributed by atoms with E-state index in [-0.39, 0.29) is 5.60 Å². The monoisotopic (exact) mass is 236 g/mol. The van der Waals surface area contributed by atoms with E-state index in [4.69, 9.17) is 9.39 Å². The average molecular weight is 236 g/mol. The fraction of sp³-hybridized carbons (Fsp3) is 0.538. The molecule has 0 spiro atoms. The van der Waals surface area contributed by atoms with Crippen molar-refractivity contribution in [2.24, 2.45) is 5.92 Å². The zero-order chi connectivity index (χ0) is 13.1. The van der Waals surface area contributed by atoms with Crippen molar-refractivity contribution in [3.8, 4) is 5.75 Å². The normalized spacial score (nSPS) is 11.7. The molecule has 0 bridgehead atoms. The second-order valence-corrected chi connectivity index (χ2v) is 5.00. The van der Waals surface area contributed by atoms with Crippen molar-refractivity contribution in [2.75, 3.05) is 7.11 Å². The molecule has 17 heavy (non-hydrogen) atoms. The lowest BCUT2D eigenvalue weighted by atomic mass is 9.77. The van der Waals surface area contributed by atoms with Crippen LogP contribution < -0.4 is 10.2 Å². The standard InChI is InChI=1S/C13H21BO3/c1-10(2)13(3,4)17-14(15)11-6-8-12(16-5)9-7-11/h6-10,15H,1-5H3. The topological polar surface area (TPSA) is 38.7 Å². The second kappa shape index (κ2) is 5.56. The molecule has 0 aliphatic rings. The van der Waals surface area contributed by atoms with Crippen molar-refractivity contribution >= 4 is 12.6 Å². The van der Waals surface area contributed by atoms with Gasteiger partial charge in [-0.15, -0.1) is 0 Å². The van der Waals surface area contributed by atoms with E-state index in [0.29, 0.717) is 5.92 Å². The van der Waals surface area contributed by atoms with Crippen LogP contribution in [0.1, 0.15) is 27.7 Å². The van der Waals surface area contributed by atoms with Gasteiger partial charge in [0.1, 0.15) is 5.75 Å². The summed E-state index contributed by atoms with van der Waals surface area (Å²) in [5.41, 5.74) is 0.374. The Balaban J connectivity index is 2.72. The summed E-state index contributed by atoms with van der Waals surface area (Å²) in [6.45, 7) is 8.09. The highest BCUT2D eigenvalue weighted by atomic mass is 16.5. The van der Waals surface area contributed by atoms with Crippen molar-refractivity contribution < 1.29 is 14.4 Å². The van der Waals surface area contributed by atoms with Gasteiger partial charge in [0.15, 0.2) is 0 Å². The summed E-state index contributed by atoms with van der Waals surface area (Å²) in [6, 6.07) is 7.23. The molecule has 0 saturated heterocycles. The molecular weight excluding hydrogens is 215 g/mol. The van der Waals surface area contributed by atoms with Gasteiger partial charge in [-0.2, -0.15) is 0 Å². The lowest BCUT2D eigenvalue weighted by Gasteiger charge is -2.31. The molecule has 3 nitrogen and oxygen atoms in total. The Hall–Kier alpha value is -0.995. The minimum absolute atomic E-state index is 0.329. The third kappa shape index (κ3) is 3.75. The minimum atomic E-state index is -0.904. The Morgan fingerprint density at radius 3 is 2.12 bits per heavy atom. The van der Waals surface area contributed by atoms with Crippen LogP contribution in [0.15, 0.2) is 24.3 Å². The molecule has 0 aliphatic heterocycles. The van der Waals surface area contributed by atoms with Crippen molar-refractivity contribution in [1.29, 1.82) is 0 Å². The maximum absolute atomic E-state index is 10.0. The molecule has 0 fully saturated rings. The SMILES string of the molecule is COc1ccc(B(O)OC(C)(C)C(C)C)cc1. The lowest BCUT2D eigenvalue weighted by molar-refractivity contribution is 0.0423. The third-order valence-electron chi connectivity index (χ3n) is 3.21. The highest BCUT2D eigenvalue weighted by Crippen LogP contribution is 2.20. The zero-order valence-corrected chi connectivity index (χ0v) is 11.2. The van der Waals surface area contributed by atoms with E-state index in [9.17, 15) is 5.02 Å². The number of hydrogen-bond acceptors (Lipinski definition) is 3. The Morgan fingerprint density at radius 1 is 1.18 bits per heavy atom. The first-order valence-corrected chi connectivity index (χ1v) is 5.86. The molecule has 0 amide bonds. The van der Waals surface area contributed by atoms with Crippen LogP contribution in [0.2, 0.25) is 0 Å². The van der Waals surface area contributed by atoms with Crippen molar-refractivity contribution in [1.82, 2.24) is 0 Å². The van der Waals surface area contributed by atoms with Crippen LogP contribution in [0, 0.1) is 5.92 Å². The first-order chi connectivity index (χ1) is 7.86. The molecule has 1 aromatic rings. The van der Waals surface area contributed by atoms with Crippen molar-refractivity contribution in [2.45, 2.75) is 33.3 Å². The molecule has 1 N–H and O–H groups in total. The Labute approximate surface area is 104 Å². The fourth-order valence-electron chi connectivity index (χ4n) is 1.26. The van der Waals surface area contributed by atoms with Gasteiger partial charge in [0.2, 0.25) is 0 Å². The number of hydrogen-bond donors (Lipinski definition) is 1. The van der Waals surface area contributed by atoms with Gasteiger partial charge in [-0.3, -0.25) is 0 Å². The molecule has 4 heteroatoms. The van der Waals surface area contributed by atoms with Gasteiger partial charge < -0.3 is 14.4 Å². The smallest absolute Gasteiger partial charge is 0.491 e. The molecule has 0 radical (unpaired) electrons. The molecule has 94 valence electrons. The van der Waals surface area contributed by atoms with E-state index >= 15 is 0 Å². The first kappa shape index (κ1) is 14.1. The fourth-order valence-corrected chi connectivity index (χ4v) is 1.26. The van der Waals surface area contributed by atoms with Crippen LogP contribution in [0.3, 0.4) is 0 Å². The Kier molecular flexibility index (Phi) is 4.60. The average Bonchev–Trinajstić information content (AvgIpc) is 2.28. The summed E-state index contributed by atoms with van der Waals surface area (Å²) in [7, 11) is 0.711. The van der Waals surface area contributed by atoms with E-state index in [0.717, 1.165) is 11.2 Å². The van der Waals surface area contributed by atoms with Gasteiger partial charge >= 0.3 is 7.12 Å².